The van der Waals surface area contributed by atoms with E-state index in [0.29, 0.717) is 29.6 Å². The number of ether oxygens (including phenoxy) is 1. The standard InChI is InChI=1S/C11H15O4Si4/c1-19(2,3)15-11(13)8-5-4-6-9(10(8)12)14-7-17-18-16/h4-6,12H,7H2,1-3H3. The molecule has 1 aromatic rings. The molecule has 1 N–H and O–H groups in total. The highest BCUT2D eigenvalue weighted by atomic mass is 29.5. The predicted octanol–water partition coefficient (Wildman–Crippen LogP) is 1.13. The van der Waals surface area contributed by atoms with E-state index < -0.39 is 14.3 Å². The van der Waals surface area contributed by atoms with Gasteiger partial charge in [-0.05, 0) is 31.8 Å². The first-order valence-corrected chi connectivity index (χ1v) is 13.8. The SMILES string of the molecule is C[Si](C)(C)OC(=O)c1cccc(OC[Si][Si][Si])c1O. The van der Waals surface area contributed by atoms with Crippen LogP contribution in [0, 0.1) is 0 Å². The van der Waals surface area contributed by atoms with Crippen LogP contribution in [0.15, 0.2) is 18.2 Å². The fourth-order valence-electron chi connectivity index (χ4n) is 1.29. The number of para-hydroxylation sites is 1. The van der Waals surface area contributed by atoms with Gasteiger partial charge >= 0.3 is 5.97 Å². The van der Waals surface area contributed by atoms with Crippen LogP contribution in [0.5, 0.6) is 11.5 Å². The zero-order valence-electron chi connectivity index (χ0n) is 11.1. The van der Waals surface area contributed by atoms with Gasteiger partial charge in [0.15, 0.2) is 11.5 Å². The van der Waals surface area contributed by atoms with Gasteiger partial charge < -0.3 is 14.3 Å². The molecule has 0 heterocycles. The highest BCUT2D eigenvalue weighted by molar-refractivity contribution is 7.23. The first kappa shape index (κ1) is 16.2. The molecule has 99 valence electrons. The number of hydrogen-bond donors (Lipinski definition) is 1. The van der Waals surface area contributed by atoms with Crippen LogP contribution in [0.25, 0.3) is 0 Å². The van der Waals surface area contributed by atoms with Gasteiger partial charge in [-0.2, -0.15) is 0 Å². The van der Waals surface area contributed by atoms with Crippen LogP contribution in [0.3, 0.4) is 0 Å². The molecule has 7 radical (unpaired) electrons. The summed E-state index contributed by atoms with van der Waals surface area (Å²) in [7, 11) is 2.66. The van der Waals surface area contributed by atoms with Crippen LogP contribution in [-0.2, 0) is 4.43 Å². The maximum Gasteiger partial charge on any atom is 0.328 e. The summed E-state index contributed by atoms with van der Waals surface area (Å²) in [4.78, 5) is 12.0. The molecule has 0 spiro atoms. The van der Waals surface area contributed by atoms with E-state index >= 15 is 0 Å². The fourth-order valence-corrected chi connectivity index (χ4v) is 3.34. The van der Waals surface area contributed by atoms with Crippen molar-refractivity contribution < 1.29 is 19.1 Å². The maximum absolute atomic E-state index is 12.0. The number of rotatable bonds is 6. The minimum atomic E-state index is -1.98. The van der Waals surface area contributed by atoms with Crippen molar-refractivity contribution in [1.29, 1.82) is 0 Å². The van der Waals surface area contributed by atoms with Crippen LogP contribution in [0.4, 0.5) is 0 Å². The van der Waals surface area contributed by atoms with Crippen LogP contribution in [0.1, 0.15) is 10.4 Å². The largest absolute Gasteiger partial charge is 0.516 e. The van der Waals surface area contributed by atoms with E-state index in [-0.39, 0.29) is 11.3 Å². The lowest BCUT2D eigenvalue weighted by Gasteiger charge is -2.18. The number of benzene rings is 1. The van der Waals surface area contributed by atoms with E-state index in [1.165, 1.54) is 0 Å². The minimum absolute atomic E-state index is 0.146. The summed E-state index contributed by atoms with van der Waals surface area (Å²) in [6.45, 7) is 5.75. The maximum atomic E-state index is 12.0. The Morgan fingerprint density at radius 2 is 2.11 bits per heavy atom. The van der Waals surface area contributed by atoms with Crippen LogP contribution in [0.2, 0.25) is 19.6 Å². The molecule has 0 saturated heterocycles. The summed E-state index contributed by atoms with van der Waals surface area (Å²) in [5.74, 6) is -0.318. The summed E-state index contributed by atoms with van der Waals surface area (Å²) in [5, 5.41) is 10.0. The summed E-state index contributed by atoms with van der Waals surface area (Å²) in [6.07, 6.45) is 0.516. The van der Waals surface area contributed by atoms with Crippen LogP contribution >= 0.6 is 0 Å². The second-order valence-corrected chi connectivity index (χ2v) is 14.1. The second kappa shape index (κ2) is 7.08. The third-order valence-electron chi connectivity index (χ3n) is 2.01. The number of aromatic hydroxyl groups is 1. The van der Waals surface area contributed by atoms with Gasteiger partial charge in [0, 0.05) is 18.3 Å². The normalized spacial score (nSPS) is 11.2. The van der Waals surface area contributed by atoms with Crippen molar-refractivity contribution in [3.63, 3.8) is 0 Å². The number of phenolic OH excluding ortho intramolecular Hbond substituents is 1. The molecule has 1 rings (SSSR count). The lowest BCUT2D eigenvalue weighted by atomic mass is 10.2. The lowest BCUT2D eigenvalue weighted by molar-refractivity contribution is 0.0721. The molecular weight excluding hydrogens is 308 g/mol. The monoisotopic (exact) mass is 323 g/mol. The van der Waals surface area contributed by atoms with Gasteiger partial charge in [-0.15, -0.1) is 0 Å². The van der Waals surface area contributed by atoms with Gasteiger partial charge in [-0.1, -0.05) is 6.07 Å². The zero-order chi connectivity index (χ0) is 14.5. The Morgan fingerprint density at radius 3 is 2.68 bits per heavy atom. The molecule has 0 aliphatic carbocycles. The molecular formula is C11H15O4Si4. The van der Waals surface area contributed by atoms with Crippen molar-refractivity contribution in [1.82, 2.24) is 0 Å². The summed E-state index contributed by atoms with van der Waals surface area (Å²) >= 11 is 0. The third-order valence-corrected chi connectivity index (χ3v) is 5.82. The zero-order valence-corrected chi connectivity index (χ0v) is 15.1. The number of phenols is 1. The molecule has 0 aliphatic heterocycles. The molecule has 0 aliphatic rings. The summed E-state index contributed by atoms with van der Waals surface area (Å²) < 4.78 is 10.8. The van der Waals surface area contributed by atoms with Crippen molar-refractivity contribution in [2.45, 2.75) is 19.6 Å². The first-order valence-electron chi connectivity index (χ1n) is 5.68. The Kier molecular flexibility index (Phi) is 6.04. The van der Waals surface area contributed by atoms with Crippen LogP contribution in [-0.4, -0.2) is 53.0 Å². The molecule has 0 atom stereocenters. The third kappa shape index (κ3) is 5.34. The summed E-state index contributed by atoms with van der Waals surface area (Å²) in [5.41, 5.74) is 0.157. The molecule has 0 unspecified atom stereocenters. The smallest absolute Gasteiger partial charge is 0.328 e. The lowest BCUT2D eigenvalue weighted by Crippen LogP contribution is -2.29. The molecule has 0 aromatic heterocycles. The average molecular weight is 324 g/mol. The van der Waals surface area contributed by atoms with Gasteiger partial charge in [0.1, 0.15) is 5.56 Å². The molecule has 1 aromatic carbocycles. The number of hydrogen-bond acceptors (Lipinski definition) is 4. The van der Waals surface area contributed by atoms with Gasteiger partial charge in [-0.25, -0.2) is 4.79 Å². The van der Waals surface area contributed by atoms with Crippen molar-refractivity contribution in [2.24, 2.45) is 0 Å². The van der Waals surface area contributed by atoms with E-state index in [2.05, 4.69) is 9.76 Å². The Hall–Kier alpha value is -0.842. The van der Waals surface area contributed by atoms with Crippen molar-refractivity contribution in [3.05, 3.63) is 23.8 Å². The Labute approximate surface area is 122 Å². The summed E-state index contributed by atoms with van der Waals surface area (Å²) in [6, 6.07) is 4.86. The molecule has 0 bridgehead atoms. The fraction of sp³-hybridized carbons (Fsp3) is 0.364. The van der Waals surface area contributed by atoms with Crippen molar-refractivity contribution >= 4 is 41.6 Å². The van der Waals surface area contributed by atoms with Crippen molar-refractivity contribution in [3.8, 4) is 11.5 Å². The minimum Gasteiger partial charge on any atom is -0.516 e. The number of carbonyl (C=O) groups excluding carboxylic acids is 1. The average Bonchev–Trinajstić information content (AvgIpc) is 2.29. The molecule has 0 fully saturated rings. The first-order chi connectivity index (χ1) is 8.85. The molecule has 0 amide bonds. The van der Waals surface area contributed by atoms with Crippen molar-refractivity contribution in [2.75, 3.05) is 6.23 Å². The van der Waals surface area contributed by atoms with E-state index in [1.54, 1.807) is 18.2 Å². The van der Waals surface area contributed by atoms with E-state index in [0.717, 1.165) is 0 Å². The van der Waals surface area contributed by atoms with Gasteiger partial charge in [0.25, 0.3) is 0 Å². The quantitative estimate of drug-likeness (QED) is 0.630. The molecule has 19 heavy (non-hydrogen) atoms. The Bertz CT molecular complexity index is 445. The van der Waals surface area contributed by atoms with E-state index in [4.69, 9.17) is 9.16 Å². The van der Waals surface area contributed by atoms with Gasteiger partial charge in [-0.3, -0.25) is 0 Å². The molecule has 4 nitrogen and oxygen atoms in total. The highest BCUT2D eigenvalue weighted by Crippen LogP contribution is 2.30. The number of carbonyl (C=O) groups is 1. The second-order valence-electron chi connectivity index (χ2n) is 4.74. The highest BCUT2D eigenvalue weighted by Gasteiger charge is 2.24. The van der Waals surface area contributed by atoms with Crippen LogP contribution < -0.4 is 4.74 Å². The molecule has 8 heteroatoms. The van der Waals surface area contributed by atoms with Gasteiger partial charge in [0.05, 0.1) is 15.3 Å². The van der Waals surface area contributed by atoms with E-state index in [1.807, 2.05) is 19.6 Å². The Morgan fingerprint density at radius 1 is 1.42 bits per heavy atom. The van der Waals surface area contributed by atoms with Gasteiger partial charge in [0.2, 0.25) is 8.32 Å². The molecule has 0 saturated carbocycles. The Balaban J connectivity index is 2.85. The predicted molar refractivity (Wildman–Crippen MR) is 79.6 cm³/mol. The van der Waals surface area contributed by atoms with E-state index in [9.17, 15) is 9.90 Å². The topological polar surface area (TPSA) is 55.8 Å².